The van der Waals surface area contributed by atoms with E-state index in [4.69, 9.17) is 0 Å². The summed E-state index contributed by atoms with van der Waals surface area (Å²) in [5.74, 6) is -0.599. The number of benzene rings is 2. The number of carbonyl (C=O) groups excluding carboxylic acids is 1. The fourth-order valence-corrected chi connectivity index (χ4v) is 3.63. The molecule has 11 nitrogen and oxygen atoms in total. The number of imidazole rings is 1. The zero-order valence-electron chi connectivity index (χ0n) is 17.1. The standard InChI is InChI=1S/C20H18N6O5S/c1-13-3-6-16(7-4-13)32-18-8-5-15(9-17(18)25(28)29)10-22-23-19(27)12-24-14(2)21-11-20(24)26(30)31/h3-11H,12H2,1-2H3,(H,23,27). The molecule has 0 saturated heterocycles. The first kappa shape index (κ1) is 22.6. The van der Waals surface area contributed by atoms with Crippen LogP contribution in [0.1, 0.15) is 17.0 Å². The van der Waals surface area contributed by atoms with Crippen molar-refractivity contribution in [3.63, 3.8) is 0 Å². The fraction of sp³-hybridized carbons (Fsp3) is 0.150. The van der Waals surface area contributed by atoms with Gasteiger partial charge in [0.05, 0.1) is 16.0 Å². The third kappa shape index (κ3) is 5.55. The summed E-state index contributed by atoms with van der Waals surface area (Å²) in [4.78, 5) is 38.6. The molecule has 0 atom stereocenters. The molecule has 164 valence electrons. The predicted molar refractivity (Wildman–Crippen MR) is 118 cm³/mol. The zero-order valence-corrected chi connectivity index (χ0v) is 17.9. The Labute approximate surface area is 186 Å². The minimum absolute atomic E-state index is 0.0875. The van der Waals surface area contributed by atoms with Crippen LogP contribution in [0.25, 0.3) is 0 Å². The molecule has 0 fully saturated rings. The van der Waals surface area contributed by atoms with E-state index in [9.17, 15) is 25.0 Å². The zero-order chi connectivity index (χ0) is 23.3. The van der Waals surface area contributed by atoms with Gasteiger partial charge in [-0.15, -0.1) is 0 Å². The Hall–Kier alpha value is -4.06. The van der Waals surface area contributed by atoms with E-state index in [0.29, 0.717) is 16.3 Å². The van der Waals surface area contributed by atoms with Gasteiger partial charge in [-0.05, 0) is 30.0 Å². The lowest BCUT2D eigenvalue weighted by Crippen LogP contribution is -2.24. The van der Waals surface area contributed by atoms with Gasteiger partial charge in [-0.1, -0.05) is 35.5 Å². The molecule has 3 aromatic rings. The van der Waals surface area contributed by atoms with Crippen molar-refractivity contribution in [3.05, 3.63) is 85.8 Å². The number of rotatable bonds is 8. The summed E-state index contributed by atoms with van der Waals surface area (Å²) in [5, 5.41) is 26.3. The lowest BCUT2D eigenvalue weighted by molar-refractivity contribution is -0.392. The predicted octanol–water partition coefficient (Wildman–Crippen LogP) is 3.62. The summed E-state index contributed by atoms with van der Waals surface area (Å²) in [6, 6.07) is 12.3. The molecule has 1 N–H and O–H groups in total. The molecule has 0 aliphatic rings. The maximum Gasteiger partial charge on any atom is 0.343 e. The Morgan fingerprint density at radius 1 is 1.16 bits per heavy atom. The van der Waals surface area contributed by atoms with Crippen molar-refractivity contribution < 1.29 is 14.6 Å². The van der Waals surface area contributed by atoms with Gasteiger partial charge in [0, 0.05) is 23.4 Å². The van der Waals surface area contributed by atoms with Crippen LogP contribution in [0.15, 0.2) is 63.6 Å². The molecule has 0 aliphatic heterocycles. The lowest BCUT2D eigenvalue weighted by Gasteiger charge is -2.05. The van der Waals surface area contributed by atoms with Gasteiger partial charge in [0.15, 0.2) is 12.4 Å². The summed E-state index contributed by atoms with van der Waals surface area (Å²) < 4.78 is 1.15. The van der Waals surface area contributed by atoms with E-state index in [1.807, 2.05) is 31.2 Å². The molecule has 0 spiro atoms. The quantitative estimate of drug-likeness (QED) is 0.311. The molecule has 1 heterocycles. The van der Waals surface area contributed by atoms with E-state index < -0.39 is 15.8 Å². The minimum atomic E-state index is -0.633. The first-order chi connectivity index (χ1) is 15.2. The molecule has 0 bridgehead atoms. The van der Waals surface area contributed by atoms with Crippen LogP contribution >= 0.6 is 11.8 Å². The van der Waals surface area contributed by atoms with E-state index in [1.54, 1.807) is 19.1 Å². The number of nitrogens with one attached hydrogen (secondary N) is 1. The number of amides is 1. The van der Waals surface area contributed by atoms with Crippen molar-refractivity contribution in [2.24, 2.45) is 5.10 Å². The van der Waals surface area contributed by atoms with Gasteiger partial charge < -0.3 is 10.1 Å². The average Bonchev–Trinajstić information content (AvgIpc) is 3.11. The molecule has 0 radical (unpaired) electrons. The maximum absolute atomic E-state index is 12.1. The van der Waals surface area contributed by atoms with Crippen LogP contribution in [0.2, 0.25) is 0 Å². The van der Waals surface area contributed by atoms with Gasteiger partial charge in [-0.25, -0.2) is 15.0 Å². The SMILES string of the molecule is Cc1ccc(Sc2ccc(C=NNC(=O)Cn3c([N+](=O)[O-])cnc3C)cc2[N+](=O)[O-])cc1. The van der Waals surface area contributed by atoms with Gasteiger partial charge in [0.25, 0.3) is 11.6 Å². The van der Waals surface area contributed by atoms with Crippen LogP contribution in [0.5, 0.6) is 0 Å². The lowest BCUT2D eigenvalue weighted by atomic mass is 10.2. The molecule has 12 heteroatoms. The van der Waals surface area contributed by atoms with E-state index in [-0.39, 0.29) is 18.1 Å². The topological polar surface area (TPSA) is 146 Å². The molecule has 0 saturated carbocycles. The van der Waals surface area contributed by atoms with Crippen molar-refractivity contribution in [1.29, 1.82) is 0 Å². The molecule has 2 aromatic carbocycles. The molecule has 1 aromatic heterocycles. The molecule has 0 unspecified atom stereocenters. The number of aromatic nitrogens is 2. The highest BCUT2D eigenvalue weighted by Crippen LogP contribution is 2.35. The van der Waals surface area contributed by atoms with Gasteiger partial charge in [-0.3, -0.25) is 14.9 Å². The van der Waals surface area contributed by atoms with Gasteiger partial charge in [0.2, 0.25) is 0 Å². The van der Waals surface area contributed by atoms with Crippen molar-refractivity contribution in [1.82, 2.24) is 15.0 Å². The normalized spacial score (nSPS) is 10.9. The number of hydrazone groups is 1. The van der Waals surface area contributed by atoms with Crippen molar-refractivity contribution in [2.75, 3.05) is 0 Å². The molecular weight excluding hydrogens is 436 g/mol. The van der Waals surface area contributed by atoms with Crippen LogP contribution < -0.4 is 5.43 Å². The summed E-state index contributed by atoms with van der Waals surface area (Å²) in [6.07, 6.45) is 2.33. The number of nitrogens with zero attached hydrogens (tertiary/aromatic N) is 5. The number of carbonyl (C=O) groups is 1. The average molecular weight is 454 g/mol. The third-order valence-corrected chi connectivity index (χ3v) is 5.43. The van der Waals surface area contributed by atoms with Crippen molar-refractivity contribution >= 4 is 35.4 Å². The van der Waals surface area contributed by atoms with Crippen molar-refractivity contribution in [2.45, 2.75) is 30.2 Å². The maximum atomic E-state index is 12.1. The van der Waals surface area contributed by atoms with Crippen LogP contribution in [0.4, 0.5) is 11.5 Å². The highest BCUT2D eigenvalue weighted by molar-refractivity contribution is 7.99. The minimum Gasteiger partial charge on any atom is -0.358 e. The van der Waals surface area contributed by atoms with E-state index in [0.717, 1.165) is 21.2 Å². The molecule has 0 aliphatic carbocycles. The number of hydrogen-bond acceptors (Lipinski definition) is 8. The summed E-state index contributed by atoms with van der Waals surface area (Å²) in [7, 11) is 0. The third-order valence-electron chi connectivity index (χ3n) is 4.35. The first-order valence-corrected chi connectivity index (χ1v) is 10.1. The summed E-state index contributed by atoms with van der Waals surface area (Å²) in [6.45, 7) is 3.16. The molecule has 3 rings (SSSR count). The highest BCUT2D eigenvalue weighted by Gasteiger charge is 2.20. The van der Waals surface area contributed by atoms with Gasteiger partial charge in [-0.2, -0.15) is 5.10 Å². The largest absolute Gasteiger partial charge is 0.358 e. The van der Waals surface area contributed by atoms with Crippen LogP contribution in [-0.2, 0) is 11.3 Å². The van der Waals surface area contributed by atoms with Gasteiger partial charge in [0.1, 0.15) is 6.20 Å². The summed E-state index contributed by atoms with van der Waals surface area (Å²) in [5.41, 5.74) is 3.67. The van der Waals surface area contributed by atoms with Crippen LogP contribution in [0, 0.1) is 34.1 Å². The Morgan fingerprint density at radius 3 is 2.53 bits per heavy atom. The highest BCUT2D eigenvalue weighted by atomic mass is 32.2. The fourth-order valence-electron chi connectivity index (χ4n) is 2.73. The van der Waals surface area contributed by atoms with Crippen LogP contribution in [-0.4, -0.2) is 31.5 Å². The number of aryl methyl sites for hydroxylation is 2. The monoisotopic (exact) mass is 454 g/mol. The van der Waals surface area contributed by atoms with E-state index in [1.165, 1.54) is 24.0 Å². The number of hydrogen-bond donors (Lipinski definition) is 1. The van der Waals surface area contributed by atoms with Crippen LogP contribution in [0.3, 0.4) is 0 Å². The molecule has 32 heavy (non-hydrogen) atoms. The van der Waals surface area contributed by atoms with Gasteiger partial charge >= 0.3 is 5.82 Å². The Morgan fingerprint density at radius 2 is 1.88 bits per heavy atom. The van der Waals surface area contributed by atoms with E-state index in [2.05, 4.69) is 15.5 Å². The number of nitro benzene ring substituents is 1. The Bertz CT molecular complexity index is 1210. The smallest absolute Gasteiger partial charge is 0.343 e. The second-order valence-corrected chi connectivity index (χ2v) is 7.81. The Kier molecular flexibility index (Phi) is 6.95. The molecular formula is C20H18N6O5S. The second kappa shape index (κ2) is 9.83. The van der Waals surface area contributed by atoms with E-state index >= 15 is 0 Å². The summed E-state index contributed by atoms with van der Waals surface area (Å²) >= 11 is 1.28. The first-order valence-electron chi connectivity index (χ1n) is 9.26. The van der Waals surface area contributed by atoms with Crippen molar-refractivity contribution in [3.8, 4) is 0 Å². The number of nitro groups is 2. The molecule has 1 amide bonds. The Balaban J connectivity index is 1.69. The second-order valence-electron chi connectivity index (χ2n) is 6.70.